The number of carboxylic acids is 1. The van der Waals surface area contributed by atoms with Crippen LogP contribution >= 0.6 is 0 Å². The summed E-state index contributed by atoms with van der Waals surface area (Å²) in [4.78, 5) is 43.1. The molecule has 3 heterocycles. The predicted octanol–water partition coefficient (Wildman–Crippen LogP) is 1.84. The predicted molar refractivity (Wildman–Crippen MR) is 123 cm³/mol. The third kappa shape index (κ3) is 3.58. The number of likely N-dealkylation sites (tertiary alicyclic amines) is 1. The molecule has 0 saturated carbocycles. The van der Waals surface area contributed by atoms with Crippen molar-refractivity contribution in [1.29, 1.82) is 0 Å². The number of methoxy groups -OCH3 is 1. The molecule has 1 aromatic rings. The molecule has 1 aromatic carbocycles. The Morgan fingerprint density at radius 3 is 2.59 bits per heavy atom. The third-order valence-corrected chi connectivity index (χ3v) is 7.55. The maximum absolute atomic E-state index is 14.2. The molecule has 34 heavy (non-hydrogen) atoms. The van der Waals surface area contributed by atoms with Crippen molar-refractivity contribution in [2.75, 3.05) is 31.7 Å². The Morgan fingerprint density at radius 1 is 1.29 bits per heavy atom. The monoisotopic (exact) mass is 472 g/mol. The highest BCUT2D eigenvalue weighted by Crippen LogP contribution is 2.63. The van der Waals surface area contributed by atoms with E-state index in [1.54, 1.807) is 49.3 Å². The first kappa shape index (κ1) is 24.2. The number of benzene rings is 1. The van der Waals surface area contributed by atoms with Gasteiger partial charge in [0.15, 0.2) is 0 Å². The number of carboxylic acid groups (broad SMARTS) is 1. The molecule has 184 valence electrons. The van der Waals surface area contributed by atoms with Gasteiger partial charge in [-0.1, -0.05) is 6.08 Å². The Labute approximate surface area is 198 Å². The van der Waals surface area contributed by atoms with E-state index in [-0.39, 0.29) is 31.5 Å². The van der Waals surface area contributed by atoms with Gasteiger partial charge < -0.3 is 29.5 Å². The van der Waals surface area contributed by atoms with E-state index >= 15 is 0 Å². The topological polar surface area (TPSA) is 117 Å². The van der Waals surface area contributed by atoms with Crippen molar-refractivity contribution < 1.29 is 34.1 Å². The highest BCUT2D eigenvalue weighted by Gasteiger charge is 2.78. The molecule has 3 fully saturated rings. The Morgan fingerprint density at radius 2 is 2.00 bits per heavy atom. The first-order valence-electron chi connectivity index (χ1n) is 11.6. The quantitative estimate of drug-likeness (QED) is 0.394. The van der Waals surface area contributed by atoms with Crippen LogP contribution in [0.2, 0.25) is 0 Å². The number of unbranched alkanes of at least 4 members (excludes halogenated alkanes) is 1. The molecule has 4 rings (SSSR count). The molecule has 3 saturated heterocycles. The van der Waals surface area contributed by atoms with E-state index in [9.17, 15) is 24.6 Å². The SMILES string of the molecule is C=CCN(C(=O)C1N(CCCCO)C(=O)[C@@H]2[C@H](C(=O)O)[C@]3(C)CCC12O3)c1ccc(OC)cc1. The minimum atomic E-state index is -1.20. The molecular formula is C25H32N2O7. The minimum absolute atomic E-state index is 0.0318. The van der Waals surface area contributed by atoms with Crippen LogP contribution in [0, 0.1) is 11.8 Å². The zero-order valence-corrected chi connectivity index (χ0v) is 19.6. The average molecular weight is 473 g/mol. The van der Waals surface area contributed by atoms with Crippen LogP contribution < -0.4 is 9.64 Å². The molecule has 0 aromatic heterocycles. The number of hydrogen-bond donors (Lipinski definition) is 2. The molecule has 2 N–H and O–H groups in total. The van der Waals surface area contributed by atoms with Gasteiger partial charge in [-0.05, 0) is 56.9 Å². The van der Waals surface area contributed by atoms with E-state index in [0.29, 0.717) is 37.1 Å². The van der Waals surface area contributed by atoms with Crippen molar-refractivity contribution in [2.45, 2.75) is 49.9 Å². The van der Waals surface area contributed by atoms with Gasteiger partial charge in [-0.2, -0.15) is 0 Å². The van der Waals surface area contributed by atoms with Crippen molar-refractivity contribution >= 4 is 23.5 Å². The van der Waals surface area contributed by atoms with Crippen molar-refractivity contribution in [3.63, 3.8) is 0 Å². The number of anilines is 1. The van der Waals surface area contributed by atoms with E-state index in [1.165, 1.54) is 4.90 Å². The van der Waals surface area contributed by atoms with Gasteiger partial charge in [0.2, 0.25) is 5.91 Å². The summed E-state index contributed by atoms with van der Waals surface area (Å²) in [5.74, 6) is -3.07. The zero-order chi connectivity index (χ0) is 24.7. The first-order valence-corrected chi connectivity index (χ1v) is 11.6. The van der Waals surface area contributed by atoms with Gasteiger partial charge in [-0.25, -0.2) is 0 Å². The van der Waals surface area contributed by atoms with E-state index < -0.39 is 35.0 Å². The zero-order valence-electron chi connectivity index (χ0n) is 19.6. The van der Waals surface area contributed by atoms with Gasteiger partial charge in [0, 0.05) is 25.4 Å². The van der Waals surface area contributed by atoms with Crippen LogP contribution in [0.25, 0.3) is 0 Å². The fourth-order valence-corrected chi connectivity index (χ4v) is 6.08. The summed E-state index contributed by atoms with van der Waals surface area (Å²) >= 11 is 0. The van der Waals surface area contributed by atoms with Crippen LogP contribution in [0.4, 0.5) is 5.69 Å². The molecule has 9 heteroatoms. The number of ether oxygens (including phenoxy) is 2. The summed E-state index contributed by atoms with van der Waals surface area (Å²) in [6, 6.07) is 6.06. The molecule has 3 aliphatic heterocycles. The number of amides is 2. The summed E-state index contributed by atoms with van der Waals surface area (Å²) in [5, 5.41) is 19.2. The third-order valence-electron chi connectivity index (χ3n) is 7.55. The average Bonchev–Trinajstić information content (AvgIpc) is 3.38. The number of aliphatic hydroxyl groups is 1. The van der Waals surface area contributed by atoms with E-state index in [4.69, 9.17) is 9.47 Å². The number of carbonyl (C=O) groups excluding carboxylic acids is 2. The van der Waals surface area contributed by atoms with Gasteiger partial charge in [-0.15, -0.1) is 6.58 Å². The smallest absolute Gasteiger partial charge is 0.310 e. The number of aliphatic carboxylic acids is 1. The number of aliphatic hydroxyl groups excluding tert-OH is 1. The summed E-state index contributed by atoms with van der Waals surface area (Å²) in [6.45, 7) is 5.94. The molecule has 9 nitrogen and oxygen atoms in total. The van der Waals surface area contributed by atoms with Crippen molar-refractivity contribution in [3.8, 4) is 5.75 Å². The van der Waals surface area contributed by atoms with Gasteiger partial charge in [0.05, 0.1) is 24.5 Å². The Balaban J connectivity index is 1.76. The van der Waals surface area contributed by atoms with E-state index in [1.807, 2.05) is 0 Å². The fraction of sp³-hybridized carbons (Fsp3) is 0.560. The lowest BCUT2D eigenvalue weighted by Gasteiger charge is -2.36. The van der Waals surface area contributed by atoms with Gasteiger partial charge in [0.25, 0.3) is 5.91 Å². The Hall–Kier alpha value is -2.91. The maximum atomic E-state index is 14.2. The minimum Gasteiger partial charge on any atom is -0.497 e. The van der Waals surface area contributed by atoms with Gasteiger partial charge >= 0.3 is 5.97 Å². The number of hydrogen-bond acceptors (Lipinski definition) is 6. The molecule has 1 spiro atoms. The lowest BCUT2D eigenvalue weighted by atomic mass is 9.66. The second-order valence-corrected chi connectivity index (χ2v) is 9.46. The fourth-order valence-electron chi connectivity index (χ4n) is 6.08. The van der Waals surface area contributed by atoms with Crippen LogP contribution in [0.5, 0.6) is 5.75 Å². The van der Waals surface area contributed by atoms with Gasteiger partial charge in [-0.3, -0.25) is 14.4 Å². The number of carbonyl (C=O) groups is 3. The lowest BCUT2D eigenvalue weighted by molar-refractivity contribution is -0.154. The highest BCUT2D eigenvalue weighted by atomic mass is 16.5. The summed E-state index contributed by atoms with van der Waals surface area (Å²) in [6.07, 6.45) is 3.47. The van der Waals surface area contributed by atoms with Crippen molar-refractivity contribution in [2.24, 2.45) is 11.8 Å². The van der Waals surface area contributed by atoms with Crippen LogP contribution in [0.15, 0.2) is 36.9 Å². The lowest BCUT2D eigenvalue weighted by Crippen LogP contribution is -2.56. The molecular weight excluding hydrogens is 440 g/mol. The number of rotatable bonds is 10. The van der Waals surface area contributed by atoms with Crippen molar-refractivity contribution in [3.05, 3.63) is 36.9 Å². The van der Waals surface area contributed by atoms with Crippen LogP contribution in [0.3, 0.4) is 0 Å². The number of nitrogens with zero attached hydrogens (tertiary/aromatic N) is 2. The van der Waals surface area contributed by atoms with E-state index in [0.717, 1.165) is 0 Å². The van der Waals surface area contributed by atoms with E-state index in [2.05, 4.69) is 6.58 Å². The molecule has 2 amide bonds. The molecule has 3 aliphatic rings. The maximum Gasteiger partial charge on any atom is 0.310 e. The number of fused-ring (bicyclic) bond motifs is 1. The van der Waals surface area contributed by atoms with Crippen molar-refractivity contribution in [1.82, 2.24) is 4.90 Å². The summed E-state index contributed by atoms with van der Waals surface area (Å²) in [5.41, 5.74) is -1.58. The highest BCUT2D eigenvalue weighted by molar-refractivity contribution is 6.04. The molecule has 0 radical (unpaired) electrons. The first-order chi connectivity index (χ1) is 16.2. The normalized spacial score (nSPS) is 31.4. The molecule has 2 bridgehead atoms. The second kappa shape index (κ2) is 9.03. The second-order valence-electron chi connectivity index (χ2n) is 9.46. The van der Waals surface area contributed by atoms with Crippen LogP contribution in [-0.4, -0.2) is 76.9 Å². The molecule has 0 aliphatic carbocycles. The van der Waals surface area contributed by atoms with Crippen LogP contribution in [0.1, 0.15) is 32.6 Å². The van der Waals surface area contributed by atoms with Gasteiger partial charge in [0.1, 0.15) is 17.4 Å². The standard InChI is InChI=1S/C25H32N2O7/c1-4-13-26(16-7-9-17(33-3)10-8-16)22(30)20-25-12-11-24(2,34-25)19(23(31)32)18(25)21(29)27(20)14-5-6-15-28/h4,7-10,18-20,28H,1,5-6,11-15H2,2-3H3,(H,31,32)/t18-,19+,20?,24-,25?/m0/s1. The largest absolute Gasteiger partial charge is 0.497 e. The molecule has 2 unspecified atom stereocenters. The summed E-state index contributed by atoms with van der Waals surface area (Å²) in [7, 11) is 1.56. The summed E-state index contributed by atoms with van der Waals surface area (Å²) < 4.78 is 11.6. The van der Waals surface area contributed by atoms with Crippen LogP contribution in [-0.2, 0) is 19.1 Å². The Kier molecular flexibility index (Phi) is 6.44. The molecule has 5 atom stereocenters. The Bertz CT molecular complexity index is 980.